The summed E-state index contributed by atoms with van der Waals surface area (Å²) >= 11 is 0. The van der Waals surface area contributed by atoms with Crippen LogP contribution in [-0.2, 0) is 6.42 Å². The van der Waals surface area contributed by atoms with Gasteiger partial charge in [-0.05, 0) is 42.9 Å². The summed E-state index contributed by atoms with van der Waals surface area (Å²) in [4.78, 5) is 14.2. The molecule has 1 aliphatic carbocycles. The zero-order chi connectivity index (χ0) is 13.1. The van der Waals surface area contributed by atoms with Crippen LogP contribution in [-0.4, -0.2) is 30.4 Å². The molecule has 1 aromatic rings. The average molecular weight is 246 g/mol. The van der Waals surface area contributed by atoms with Crippen LogP contribution in [0.15, 0.2) is 24.3 Å². The second kappa shape index (κ2) is 5.53. The number of amides is 1. The summed E-state index contributed by atoms with van der Waals surface area (Å²) < 4.78 is 0. The summed E-state index contributed by atoms with van der Waals surface area (Å²) in [6.45, 7) is 2.67. The highest BCUT2D eigenvalue weighted by Gasteiger charge is 2.34. The molecule has 0 aliphatic heterocycles. The Hall–Kier alpha value is -1.35. The standard InChI is InChI=1S/C15H22N2O/c1-3-11-4-6-13(7-5-11)15(18)17(2)14(10-16)12-8-9-12/h4-7,12,14H,3,8-10,16H2,1-2H3. The quantitative estimate of drug-likeness (QED) is 0.864. The summed E-state index contributed by atoms with van der Waals surface area (Å²) in [6.07, 6.45) is 3.40. The first-order valence-corrected chi connectivity index (χ1v) is 6.73. The molecule has 0 saturated heterocycles. The lowest BCUT2D eigenvalue weighted by Gasteiger charge is -2.27. The van der Waals surface area contributed by atoms with Crippen molar-refractivity contribution in [3.8, 4) is 0 Å². The summed E-state index contributed by atoms with van der Waals surface area (Å²) in [5.74, 6) is 0.693. The molecule has 1 amide bonds. The largest absolute Gasteiger partial charge is 0.337 e. The zero-order valence-corrected chi connectivity index (χ0v) is 11.2. The van der Waals surface area contributed by atoms with Gasteiger partial charge in [0.25, 0.3) is 5.91 Å². The highest BCUT2D eigenvalue weighted by Crippen LogP contribution is 2.34. The second-order valence-electron chi connectivity index (χ2n) is 5.11. The molecule has 1 saturated carbocycles. The van der Waals surface area contributed by atoms with Crippen molar-refractivity contribution in [1.82, 2.24) is 4.90 Å². The molecule has 0 aromatic heterocycles. The van der Waals surface area contributed by atoms with Gasteiger partial charge in [-0.1, -0.05) is 19.1 Å². The van der Waals surface area contributed by atoms with E-state index < -0.39 is 0 Å². The van der Waals surface area contributed by atoms with E-state index in [1.54, 1.807) is 0 Å². The molecule has 98 valence electrons. The summed E-state index contributed by atoms with van der Waals surface area (Å²) in [5.41, 5.74) is 7.80. The van der Waals surface area contributed by atoms with Crippen molar-refractivity contribution >= 4 is 5.91 Å². The van der Waals surface area contributed by atoms with Gasteiger partial charge in [0.05, 0.1) is 0 Å². The molecular formula is C15H22N2O. The lowest BCUT2D eigenvalue weighted by Crippen LogP contribution is -2.43. The van der Waals surface area contributed by atoms with Crippen molar-refractivity contribution in [2.45, 2.75) is 32.2 Å². The van der Waals surface area contributed by atoms with Gasteiger partial charge in [-0.3, -0.25) is 4.79 Å². The van der Waals surface area contributed by atoms with Crippen LogP contribution in [0.3, 0.4) is 0 Å². The topological polar surface area (TPSA) is 46.3 Å². The van der Waals surface area contributed by atoms with Gasteiger partial charge >= 0.3 is 0 Å². The van der Waals surface area contributed by atoms with Crippen molar-refractivity contribution in [1.29, 1.82) is 0 Å². The molecule has 1 fully saturated rings. The van der Waals surface area contributed by atoms with Crippen LogP contribution in [0.1, 0.15) is 35.7 Å². The maximum Gasteiger partial charge on any atom is 0.253 e. The monoisotopic (exact) mass is 246 g/mol. The maximum atomic E-state index is 12.3. The first-order valence-electron chi connectivity index (χ1n) is 6.73. The molecule has 0 spiro atoms. The van der Waals surface area contributed by atoms with E-state index in [1.165, 1.54) is 18.4 Å². The van der Waals surface area contributed by atoms with Crippen molar-refractivity contribution in [2.24, 2.45) is 11.7 Å². The summed E-state index contributed by atoms with van der Waals surface area (Å²) in [5, 5.41) is 0. The number of carbonyl (C=O) groups excluding carboxylic acids is 1. The number of aryl methyl sites for hydroxylation is 1. The molecule has 1 unspecified atom stereocenters. The number of carbonyl (C=O) groups is 1. The van der Waals surface area contributed by atoms with Crippen molar-refractivity contribution in [3.05, 3.63) is 35.4 Å². The fraction of sp³-hybridized carbons (Fsp3) is 0.533. The third-order valence-electron chi connectivity index (χ3n) is 3.83. The molecule has 3 heteroatoms. The predicted octanol–water partition coefficient (Wildman–Crippen LogP) is 2.06. The molecule has 0 heterocycles. The number of nitrogens with zero attached hydrogens (tertiary/aromatic N) is 1. The molecule has 1 aromatic carbocycles. The predicted molar refractivity (Wildman–Crippen MR) is 73.5 cm³/mol. The van der Waals surface area contributed by atoms with Gasteiger partial charge in [0.2, 0.25) is 0 Å². The summed E-state index contributed by atoms with van der Waals surface area (Å²) in [6, 6.07) is 8.07. The van der Waals surface area contributed by atoms with Crippen LogP contribution >= 0.6 is 0 Å². The van der Waals surface area contributed by atoms with Gasteiger partial charge in [-0.25, -0.2) is 0 Å². The Morgan fingerprint density at radius 1 is 1.39 bits per heavy atom. The van der Waals surface area contributed by atoms with E-state index in [4.69, 9.17) is 5.73 Å². The smallest absolute Gasteiger partial charge is 0.253 e. The van der Waals surface area contributed by atoms with E-state index >= 15 is 0 Å². The van der Waals surface area contributed by atoms with Crippen LogP contribution in [0.2, 0.25) is 0 Å². The van der Waals surface area contributed by atoms with Crippen molar-refractivity contribution in [2.75, 3.05) is 13.6 Å². The number of hydrogen-bond acceptors (Lipinski definition) is 2. The molecule has 3 nitrogen and oxygen atoms in total. The highest BCUT2D eigenvalue weighted by atomic mass is 16.2. The molecule has 18 heavy (non-hydrogen) atoms. The van der Waals surface area contributed by atoms with Gasteiger partial charge in [0.1, 0.15) is 0 Å². The third kappa shape index (κ3) is 2.72. The Labute approximate surface area is 109 Å². The number of likely N-dealkylation sites (N-methyl/N-ethyl adjacent to an activating group) is 1. The lowest BCUT2D eigenvalue weighted by atomic mass is 10.1. The number of hydrogen-bond donors (Lipinski definition) is 1. The second-order valence-corrected chi connectivity index (χ2v) is 5.11. The first-order chi connectivity index (χ1) is 8.67. The minimum absolute atomic E-state index is 0.0833. The number of nitrogens with two attached hydrogens (primary N) is 1. The average Bonchev–Trinajstić information content (AvgIpc) is 3.23. The van der Waals surface area contributed by atoms with Gasteiger partial charge in [-0.2, -0.15) is 0 Å². The van der Waals surface area contributed by atoms with E-state index in [0.717, 1.165) is 12.0 Å². The fourth-order valence-electron chi connectivity index (χ4n) is 2.39. The first kappa shape index (κ1) is 13.1. The number of rotatable bonds is 5. The molecule has 0 bridgehead atoms. The van der Waals surface area contributed by atoms with Gasteiger partial charge < -0.3 is 10.6 Å². The van der Waals surface area contributed by atoms with E-state index in [-0.39, 0.29) is 11.9 Å². The van der Waals surface area contributed by atoms with Crippen LogP contribution < -0.4 is 5.73 Å². The third-order valence-corrected chi connectivity index (χ3v) is 3.83. The normalized spacial score (nSPS) is 16.4. The molecular weight excluding hydrogens is 224 g/mol. The fourth-order valence-corrected chi connectivity index (χ4v) is 2.39. The van der Waals surface area contributed by atoms with Crippen LogP contribution in [0, 0.1) is 5.92 Å². The zero-order valence-electron chi connectivity index (χ0n) is 11.2. The van der Waals surface area contributed by atoms with Gasteiger partial charge in [0.15, 0.2) is 0 Å². The summed E-state index contributed by atoms with van der Waals surface area (Å²) in [7, 11) is 1.87. The minimum atomic E-state index is 0.0833. The van der Waals surface area contributed by atoms with Crippen LogP contribution in [0.5, 0.6) is 0 Å². The Morgan fingerprint density at radius 3 is 2.44 bits per heavy atom. The Balaban J connectivity index is 2.08. The van der Waals surface area contributed by atoms with E-state index in [1.807, 2.05) is 36.2 Å². The SMILES string of the molecule is CCc1ccc(C(=O)N(C)C(CN)C2CC2)cc1. The molecule has 1 atom stereocenters. The Bertz CT molecular complexity index is 409. The van der Waals surface area contributed by atoms with Gasteiger partial charge in [-0.15, -0.1) is 0 Å². The maximum absolute atomic E-state index is 12.3. The highest BCUT2D eigenvalue weighted by molar-refractivity contribution is 5.94. The number of benzene rings is 1. The molecule has 1 aliphatic rings. The van der Waals surface area contributed by atoms with E-state index in [0.29, 0.717) is 12.5 Å². The van der Waals surface area contributed by atoms with Crippen LogP contribution in [0.25, 0.3) is 0 Å². The van der Waals surface area contributed by atoms with Crippen LogP contribution in [0.4, 0.5) is 0 Å². The Kier molecular flexibility index (Phi) is 4.02. The lowest BCUT2D eigenvalue weighted by molar-refractivity contribution is 0.0718. The Morgan fingerprint density at radius 2 is 2.00 bits per heavy atom. The molecule has 0 radical (unpaired) electrons. The van der Waals surface area contributed by atoms with E-state index in [2.05, 4.69) is 6.92 Å². The molecule has 2 rings (SSSR count). The van der Waals surface area contributed by atoms with Gasteiger partial charge in [0, 0.05) is 25.2 Å². The van der Waals surface area contributed by atoms with Crippen molar-refractivity contribution < 1.29 is 4.79 Å². The molecule has 2 N–H and O–H groups in total. The minimum Gasteiger partial charge on any atom is -0.337 e. The van der Waals surface area contributed by atoms with E-state index in [9.17, 15) is 4.79 Å². The van der Waals surface area contributed by atoms with Crippen molar-refractivity contribution in [3.63, 3.8) is 0 Å².